The maximum atomic E-state index is 12.5. The van der Waals surface area contributed by atoms with Crippen LogP contribution < -0.4 is 10.1 Å². The Balaban J connectivity index is 1.68. The molecule has 0 saturated carbocycles. The predicted octanol–water partition coefficient (Wildman–Crippen LogP) is 6.43. The molecule has 0 spiro atoms. The van der Waals surface area contributed by atoms with Gasteiger partial charge in [0.25, 0.3) is 5.91 Å². The van der Waals surface area contributed by atoms with E-state index in [1.807, 2.05) is 37.3 Å². The Labute approximate surface area is 185 Å². The molecule has 0 heterocycles. The van der Waals surface area contributed by atoms with Crippen LogP contribution in [0.5, 0.6) is 5.75 Å². The normalized spacial score (nSPS) is 10.9. The first-order chi connectivity index (χ1) is 14.5. The Morgan fingerprint density at radius 1 is 1.10 bits per heavy atom. The second-order valence-electron chi connectivity index (χ2n) is 6.53. The van der Waals surface area contributed by atoms with Crippen LogP contribution in [0.25, 0.3) is 6.08 Å². The van der Waals surface area contributed by atoms with Gasteiger partial charge in [0.2, 0.25) is 0 Å². The van der Waals surface area contributed by atoms with Crippen molar-refractivity contribution in [1.29, 1.82) is 5.26 Å². The van der Waals surface area contributed by atoms with E-state index >= 15 is 0 Å². The van der Waals surface area contributed by atoms with E-state index in [9.17, 15) is 10.1 Å². The molecule has 1 N–H and O–H groups in total. The molecule has 3 aromatic carbocycles. The number of carbonyl (C=O) groups is 1. The number of hydrogen-bond acceptors (Lipinski definition) is 3. The summed E-state index contributed by atoms with van der Waals surface area (Å²) in [6.45, 7) is 2.20. The molecule has 0 saturated heterocycles. The van der Waals surface area contributed by atoms with Crippen molar-refractivity contribution in [2.24, 2.45) is 0 Å². The molecule has 0 aliphatic rings. The third-order valence-corrected chi connectivity index (χ3v) is 4.96. The van der Waals surface area contributed by atoms with E-state index in [1.54, 1.807) is 42.5 Å². The lowest BCUT2D eigenvalue weighted by molar-refractivity contribution is -0.112. The highest BCUT2D eigenvalue weighted by molar-refractivity contribution is 6.31. The third-order valence-electron chi connectivity index (χ3n) is 4.36. The van der Waals surface area contributed by atoms with E-state index in [1.165, 1.54) is 6.08 Å². The summed E-state index contributed by atoms with van der Waals surface area (Å²) in [4.78, 5) is 12.5. The Morgan fingerprint density at radius 3 is 2.53 bits per heavy atom. The van der Waals surface area contributed by atoms with Crippen LogP contribution in [-0.4, -0.2) is 5.91 Å². The molecule has 6 heteroatoms. The SMILES string of the molecule is Cc1ccc(Cl)cc1NC(=O)/C(C#N)=C/c1ccc(OCc2ccccc2Cl)cc1. The van der Waals surface area contributed by atoms with Crippen LogP contribution in [0.4, 0.5) is 5.69 Å². The smallest absolute Gasteiger partial charge is 0.266 e. The van der Waals surface area contributed by atoms with Crippen LogP contribution in [0.2, 0.25) is 10.0 Å². The van der Waals surface area contributed by atoms with Gasteiger partial charge >= 0.3 is 0 Å². The van der Waals surface area contributed by atoms with E-state index < -0.39 is 5.91 Å². The minimum atomic E-state index is -0.498. The van der Waals surface area contributed by atoms with Gasteiger partial charge in [0.05, 0.1) is 0 Å². The lowest BCUT2D eigenvalue weighted by atomic mass is 10.1. The van der Waals surface area contributed by atoms with Gasteiger partial charge in [0, 0.05) is 21.3 Å². The zero-order valence-electron chi connectivity index (χ0n) is 16.2. The molecule has 0 bridgehead atoms. The number of rotatable bonds is 6. The Hall–Kier alpha value is -3.26. The second-order valence-corrected chi connectivity index (χ2v) is 7.38. The number of aryl methyl sites for hydroxylation is 1. The van der Waals surface area contributed by atoms with Crippen LogP contribution in [0.1, 0.15) is 16.7 Å². The zero-order chi connectivity index (χ0) is 21.5. The van der Waals surface area contributed by atoms with E-state index in [-0.39, 0.29) is 5.57 Å². The van der Waals surface area contributed by atoms with Crippen molar-refractivity contribution < 1.29 is 9.53 Å². The van der Waals surface area contributed by atoms with E-state index in [2.05, 4.69) is 5.32 Å². The van der Waals surface area contributed by atoms with Crippen LogP contribution >= 0.6 is 23.2 Å². The van der Waals surface area contributed by atoms with Crippen molar-refractivity contribution in [2.75, 3.05) is 5.32 Å². The van der Waals surface area contributed by atoms with E-state index in [4.69, 9.17) is 27.9 Å². The summed E-state index contributed by atoms with van der Waals surface area (Å²) in [5, 5.41) is 13.3. The molecule has 0 fully saturated rings. The van der Waals surface area contributed by atoms with E-state index in [0.717, 1.165) is 11.1 Å². The Kier molecular flexibility index (Phi) is 7.13. The molecule has 1 amide bonds. The van der Waals surface area contributed by atoms with Crippen molar-refractivity contribution in [3.63, 3.8) is 0 Å². The van der Waals surface area contributed by atoms with Crippen molar-refractivity contribution in [3.05, 3.63) is 99.0 Å². The molecule has 4 nitrogen and oxygen atoms in total. The monoisotopic (exact) mass is 436 g/mol. The quantitative estimate of drug-likeness (QED) is 0.357. The van der Waals surface area contributed by atoms with E-state index in [0.29, 0.717) is 33.7 Å². The highest BCUT2D eigenvalue weighted by Crippen LogP contribution is 2.22. The lowest BCUT2D eigenvalue weighted by Crippen LogP contribution is -2.14. The molecule has 0 unspecified atom stereocenters. The standard InChI is InChI=1S/C24H18Cl2N2O2/c1-16-6-9-20(25)13-23(16)28-24(29)19(14-27)12-17-7-10-21(11-8-17)30-15-18-4-2-3-5-22(18)26/h2-13H,15H2,1H3,(H,28,29)/b19-12+. The number of nitrogens with one attached hydrogen (secondary N) is 1. The molecule has 0 atom stereocenters. The van der Waals surface area contributed by atoms with Crippen LogP contribution in [-0.2, 0) is 11.4 Å². The molecule has 30 heavy (non-hydrogen) atoms. The first-order valence-electron chi connectivity index (χ1n) is 9.12. The van der Waals surface area contributed by atoms with Crippen molar-refractivity contribution in [3.8, 4) is 11.8 Å². The highest BCUT2D eigenvalue weighted by atomic mass is 35.5. The molecular formula is C24H18Cl2N2O2. The first-order valence-corrected chi connectivity index (χ1v) is 9.87. The fourth-order valence-electron chi connectivity index (χ4n) is 2.67. The maximum absolute atomic E-state index is 12.5. The molecule has 0 aliphatic heterocycles. The number of nitriles is 1. The number of hydrogen-bond donors (Lipinski definition) is 1. The number of halogens is 2. The summed E-state index contributed by atoms with van der Waals surface area (Å²) in [6, 6.07) is 21.7. The van der Waals surface area contributed by atoms with Gasteiger partial charge in [-0.3, -0.25) is 4.79 Å². The summed E-state index contributed by atoms with van der Waals surface area (Å²) >= 11 is 12.1. The largest absolute Gasteiger partial charge is 0.489 e. The first kappa shape index (κ1) is 21.4. The number of nitrogens with zero attached hydrogens (tertiary/aromatic N) is 1. The molecule has 3 aromatic rings. The van der Waals surface area contributed by atoms with Gasteiger partial charge < -0.3 is 10.1 Å². The summed E-state index contributed by atoms with van der Waals surface area (Å²) < 4.78 is 5.75. The molecule has 3 rings (SSSR count). The van der Waals surface area contributed by atoms with Crippen molar-refractivity contribution in [1.82, 2.24) is 0 Å². The Bertz CT molecular complexity index is 1130. The van der Waals surface area contributed by atoms with Gasteiger partial charge in [-0.2, -0.15) is 5.26 Å². The van der Waals surface area contributed by atoms with Crippen LogP contribution in [0, 0.1) is 18.3 Å². The Morgan fingerprint density at radius 2 is 1.83 bits per heavy atom. The number of amides is 1. The lowest BCUT2D eigenvalue weighted by Gasteiger charge is -2.09. The molecule has 0 aromatic heterocycles. The summed E-state index contributed by atoms with van der Waals surface area (Å²) in [5.74, 6) is 0.159. The minimum Gasteiger partial charge on any atom is -0.489 e. The average Bonchev–Trinajstić information content (AvgIpc) is 2.75. The molecule has 150 valence electrons. The molecular weight excluding hydrogens is 419 g/mol. The van der Waals surface area contributed by atoms with Gasteiger partial charge in [0.15, 0.2) is 0 Å². The number of carbonyl (C=O) groups excluding carboxylic acids is 1. The fourth-order valence-corrected chi connectivity index (χ4v) is 3.03. The van der Waals surface area contributed by atoms with Gasteiger partial charge in [0.1, 0.15) is 24.0 Å². The summed E-state index contributed by atoms with van der Waals surface area (Å²) in [6.07, 6.45) is 1.52. The van der Waals surface area contributed by atoms with Crippen LogP contribution in [0.15, 0.2) is 72.3 Å². The predicted molar refractivity (Wildman–Crippen MR) is 121 cm³/mol. The van der Waals surface area contributed by atoms with Crippen molar-refractivity contribution >= 4 is 40.9 Å². The molecule has 0 radical (unpaired) electrons. The van der Waals surface area contributed by atoms with Gasteiger partial charge in [-0.15, -0.1) is 0 Å². The number of benzene rings is 3. The average molecular weight is 437 g/mol. The summed E-state index contributed by atoms with van der Waals surface area (Å²) in [5.41, 5.74) is 3.00. The molecule has 0 aliphatic carbocycles. The summed E-state index contributed by atoms with van der Waals surface area (Å²) in [7, 11) is 0. The minimum absolute atomic E-state index is 0.0147. The van der Waals surface area contributed by atoms with Crippen LogP contribution in [0.3, 0.4) is 0 Å². The van der Waals surface area contributed by atoms with Crippen molar-refractivity contribution in [2.45, 2.75) is 13.5 Å². The number of anilines is 1. The van der Waals surface area contributed by atoms with Gasteiger partial charge in [-0.25, -0.2) is 0 Å². The maximum Gasteiger partial charge on any atom is 0.266 e. The number of ether oxygens (including phenoxy) is 1. The highest BCUT2D eigenvalue weighted by Gasteiger charge is 2.11. The third kappa shape index (κ3) is 5.64. The zero-order valence-corrected chi connectivity index (χ0v) is 17.7. The topological polar surface area (TPSA) is 62.1 Å². The second kappa shape index (κ2) is 9.98. The van der Waals surface area contributed by atoms with Gasteiger partial charge in [-0.05, 0) is 54.5 Å². The fraction of sp³-hybridized carbons (Fsp3) is 0.0833. The van der Waals surface area contributed by atoms with Gasteiger partial charge in [-0.1, -0.05) is 59.6 Å².